The number of benzene rings is 1. The fraction of sp³-hybridized carbons (Fsp3) is 0.538. The summed E-state index contributed by atoms with van der Waals surface area (Å²) in [4.78, 5) is 0. The summed E-state index contributed by atoms with van der Waals surface area (Å²) in [7, 11) is 0. The third kappa shape index (κ3) is 2.10. The molecule has 3 atom stereocenters. The van der Waals surface area contributed by atoms with Gasteiger partial charge in [0.2, 0.25) is 0 Å². The van der Waals surface area contributed by atoms with Gasteiger partial charge in [0.05, 0.1) is 0 Å². The lowest BCUT2D eigenvalue weighted by atomic mass is 9.77. The van der Waals surface area contributed by atoms with Crippen LogP contribution in [0, 0.1) is 5.92 Å². The zero-order valence-corrected chi connectivity index (χ0v) is 10.0. The second kappa shape index (κ2) is 4.36. The molecule has 3 aliphatic rings. The molecule has 2 aliphatic heterocycles. The topological polar surface area (TPSA) is 24.1 Å². The van der Waals surface area contributed by atoms with Gasteiger partial charge in [0.25, 0.3) is 0 Å². The Morgan fingerprint density at radius 2 is 1.94 bits per heavy atom. The van der Waals surface area contributed by atoms with E-state index in [9.17, 15) is 0 Å². The van der Waals surface area contributed by atoms with Crippen LogP contribution < -0.4 is 10.9 Å². The van der Waals surface area contributed by atoms with Crippen molar-refractivity contribution in [2.45, 2.75) is 37.8 Å². The molecular formula is C13H17ClN2. The average Bonchev–Trinajstić information content (AvgIpc) is 2.34. The molecule has 1 aromatic rings. The van der Waals surface area contributed by atoms with Crippen molar-refractivity contribution in [3.63, 3.8) is 0 Å². The highest BCUT2D eigenvalue weighted by atomic mass is 35.5. The molecule has 16 heavy (non-hydrogen) atoms. The smallest absolute Gasteiger partial charge is 0.0406 e. The second-order valence-corrected chi connectivity index (χ2v) is 5.43. The Labute approximate surface area is 101 Å². The Bertz CT molecular complexity index is 355. The Balaban J connectivity index is 1.68. The molecule has 3 fully saturated rings. The van der Waals surface area contributed by atoms with Crippen molar-refractivity contribution in [3.05, 3.63) is 34.9 Å². The maximum absolute atomic E-state index is 5.90. The Kier molecular flexibility index (Phi) is 2.88. The van der Waals surface area contributed by atoms with Crippen LogP contribution in [-0.2, 0) is 6.42 Å². The van der Waals surface area contributed by atoms with Gasteiger partial charge in [-0.1, -0.05) is 23.7 Å². The number of hydrogen-bond donors (Lipinski definition) is 2. The molecule has 1 aromatic carbocycles. The first-order chi connectivity index (χ1) is 7.81. The van der Waals surface area contributed by atoms with Gasteiger partial charge in [0.15, 0.2) is 0 Å². The van der Waals surface area contributed by atoms with Crippen molar-refractivity contribution in [3.8, 4) is 0 Å². The summed E-state index contributed by atoms with van der Waals surface area (Å²) in [6, 6.07) is 9.62. The van der Waals surface area contributed by atoms with Crippen molar-refractivity contribution in [2.24, 2.45) is 5.92 Å². The quantitative estimate of drug-likeness (QED) is 0.825. The number of fused-ring (bicyclic) bond motifs is 3. The molecule has 0 amide bonds. The van der Waals surface area contributed by atoms with Gasteiger partial charge in [-0.05, 0) is 49.3 Å². The predicted octanol–water partition coefficient (Wildman–Crippen LogP) is 2.53. The van der Waals surface area contributed by atoms with E-state index < -0.39 is 0 Å². The van der Waals surface area contributed by atoms with Gasteiger partial charge >= 0.3 is 0 Å². The molecule has 0 spiro atoms. The Morgan fingerprint density at radius 1 is 1.12 bits per heavy atom. The summed E-state index contributed by atoms with van der Waals surface area (Å²) >= 11 is 5.90. The highest BCUT2D eigenvalue weighted by Gasteiger charge is 2.34. The van der Waals surface area contributed by atoms with Crippen molar-refractivity contribution < 1.29 is 0 Å². The minimum atomic E-state index is 0.653. The van der Waals surface area contributed by atoms with E-state index in [1.165, 1.54) is 31.2 Å². The van der Waals surface area contributed by atoms with Gasteiger partial charge in [-0.15, -0.1) is 0 Å². The van der Waals surface area contributed by atoms with Crippen LogP contribution in [0.5, 0.6) is 0 Å². The molecule has 3 heteroatoms. The molecule has 2 heterocycles. The van der Waals surface area contributed by atoms with Crippen LogP contribution in [0.15, 0.2) is 24.3 Å². The van der Waals surface area contributed by atoms with Crippen LogP contribution in [0.3, 0.4) is 0 Å². The van der Waals surface area contributed by atoms with E-state index in [2.05, 4.69) is 23.0 Å². The lowest BCUT2D eigenvalue weighted by Crippen LogP contribution is -2.60. The molecule has 2 nitrogen and oxygen atoms in total. The Morgan fingerprint density at radius 3 is 2.50 bits per heavy atom. The van der Waals surface area contributed by atoms with Gasteiger partial charge < -0.3 is 0 Å². The van der Waals surface area contributed by atoms with Crippen LogP contribution in [-0.4, -0.2) is 12.1 Å². The van der Waals surface area contributed by atoms with Gasteiger partial charge in [-0.3, -0.25) is 10.9 Å². The average molecular weight is 237 g/mol. The number of rotatable bonds is 2. The van der Waals surface area contributed by atoms with E-state index in [4.69, 9.17) is 11.6 Å². The molecular weight excluding hydrogens is 220 g/mol. The first-order valence-corrected chi connectivity index (χ1v) is 6.44. The maximum Gasteiger partial charge on any atom is 0.0406 e. The maximum atomic E-state index is 5.90. The summed E-state index contributed by atoms with van der Waals surface area (Å²) in [5.41, 5.74) is 8.20. The summed E-state index contributed by atoms with van der Waals surface area (Å²) in [5.74, 6) is 0.779. The SMILES string of the molecule is Clc1ccc(CC2CC3CCC2NN3)cc1. The highest BCUT2D eigenvalue weighted by Crippen LogP contribution is 2.30. The molecule has 2 saturated heterocycles. The minimum Gasteiger partial charge on any atom is -0.254 e. The zero-order chi connectivity index (χ0) is 11.0. The first-order valence-electron chi connectivity index (χ1n) is 6.07. The lowest BCUT2D eigenvalue weighted by molar-refractivity contribution is 0.123. The van der Waals surface area contributed by atoms with Crippen LogP contribution in [0.25, 0.3) is 0 Å². The first kappa shape index (κ1) is 10.6. The summed E-state index contributed by atoms with van der Waals surface area (Å²) in [5, 5.41) is 0.828. The molecule has 2 N–H and O–H groups in total. The molecule has 0 aromatic heterocycles. The summed E-state index contributed by atoms with van der Waals surface area (Å²) < 4.78 is 0. The van der Waals surface area contributed by atoms with Crippen molar-refractivity contribution in [2.75, 3.05) is 0 Å². The van der Waals surface area contributed by atoms with Crippen LogP contribution in [0.1, 0.15) is 24.8 Å². The molecule has 2 bridgehead atoms. The fourth-order valence-corrected chi connectivity index (χ4v) is 3.08. The van der Waals surface area contributed by atoms with Crippen molar-refractivity contribution in [1.29, 1.82) is 0 Å². The third-order valence-electron chi connectivity index (χ3n) is 3.87. The van der Waals surface area contributed by atoms with Gasteiger partial charge in [-0.25, -0.2) is 0 Å². The van der Waals surface area contributed by atoms with Crippen LogP contribution >= 0.6 is 11.6 Å². The third-order valence-corrected chi connectivity index (χ3v) is 4.12. The molecule has 0 radical (unpaired) electrons. The largest absolute Gasteiger partial charge is 0.254 e. The standard InChI is InChI=1S/C13H17ClN2/c14-11-3-1-9(2-4-11)7-10-8-12-5-6-13(10)16-15-12/h1-4,10,12-13,15-16H,5-8H2. The van der Waals surface area contributed by atoms with E-state index in [-0.39, 0.29) is 0 Å². The molecule has 1 saturated carbocycles. The van der Waals surface area contributed by atoms with E-state index in [0.717, 1.165) is 10.9 Å². The molecule has 4 rings (SSSR count). The molecule has 1 aliphatic carbocycles. The normalized spacial score (nSPS) is 32.9. The summed E-state index contributed by atoms with van der Waals surface area (Å²) in [6.07, 6.45) is 5.12. The van der Waals surface area contributed by atoms with Gasteiger partial charge in [0, 0.05) is 17.1 Å². The zero-order valence-electron chi connectivity index (χ0n) is 9.25. The van der Waals surface area contributed by atoms with Crippen LogP contribution in [0.2, 0.25) is 5.02 Å². The molecule has 86 valence electrons. The fourth-order valence-electron chi connectivity index (χ4n) is 2.96. The number of nitrogens with one attached hydrogen (secondary N) is 2. The van der Waals surface area contributed by atoms with Gasteiger partial charge in [-0.2, -0.15) is 0 Å². The van der Waals surface area contributed by atoms with Crippen molar-refractivity contribution in [1.82, 2.24) is 10.9 Å². The number of hydrogen-bond acceptors (Lipinski definition) is 2. The predicted molar refractivity (Wildman–Crippen MR) is 66.3 cm³/mol. The summed E-state index contributed by atoms with van der Waals surface area (Å²) in [6.45, 7) is 0. The highest BCUT2D eigenvalue weighted by molar-refractivity contribution is 6.30. The van der Waals surface area contributed by atoms with E-state index >= 15 is 0 Å². The minimum absolute atomic E-state index is 0.653. The van der Waals surface area contributed by atoms with E-state index in [1.807, 2.05) is 12.1 Å². The lowest BCUT2D eigenvalue weighted by Gasteiger charge is -2.44. The van der Waals surface area contributed by atoms with E-state index in [0.29, 0.717) is 12.1 Å². The van der Waals surface area contributed by atoms with Crippen LogP contribution in [0.4, 0.5) is 0 Å². The molecule has 3 unspecified atom stereocenters. The van der Waals surface area contributed by atoms with Crippen molar-refractivity contribution >= 4 is 11.6 Å². The number of hydrazine groups is 1. The number of halogens is 1. The van der Waals surface area contributed by atoms with Gasteiger partial charge in [0.1, 0.15) is 0 Å². The van der Waals surface area contributed by atoms with E-state index in [1.54, 1.807) is 0 Å². The second-order valence-electron chi connectivity index (χ2n) is 5.00. The Hall–Kier alpha value is -0.570. The monoisotopic (exact) mass is 236 g/mol.